The molecule has 2 atom stereocenters. The molecule has 146 valence electrons. The van der Waals surface area contributed by atoms with E-state index in [4.69, 9.17) is 11.6 Å². The van der Waals surface area contributed by atoms with Crippen molar-refractivity contribution in [2.24, 2.45) is 5.92 Å². The van der Waals surface area contributed by atoms with E-state index < -0.39 is 0 Å². The van der Waals surface area contributed by atoms with Gasteiger partial charge >= 0.3 is 0 Å². The molecule has 2 aromatic rings. The van der Waals surface area contributed by atoms with Gasteiger partial charge in [0.05, 0.1) is 0 Å². The maximum Gasteiger partial charge on any atom is 0.123 e. The first-order chi connectivity index (χ1) is 12.9. The number of allylic oxidation sites excluding steroid dienone is 1. The summed E-state index contributed by atoms with van der Waals surface area (Å²) in [6, 6.07) is 13.4. The van der Waals surface area contributed by atoms with E-state index in [9.17, 15) is 4.39 Å². The molecular formula is C25H32ClF. The van der Waals surface area contributed by atoms with Crippen LogP contribution in [0.3, 0.4) is 0 Å². The molecule has 2 rings (SSSR count). The van der Waals surface area contributed by atoms with E-state index >= 15 is 0 Å². The molecule has 0 aliphatic carbocycles. The Morgan fingerprint density at radius 1 is 1.07 bits per heavy atom. The first-order valence-electron chi connectivity index (χ1n) is 10.1. The first kappa shape index (κ1) is 21.7. The summed E-state index contributed by atoms with van der Waals surface area (Å²) in [6.45, 7) is 10.7. The minimum absolute atomic E-state index is 0.125. The Hall–Kier alpha value is -1.60. The van der Waals surface area contributed by atoms with Crippen LogP contribution in [0.5, 0.6) is 0 Å². The van der Waals surface area contributed by atoms with E-state index in [1.807, 2.05) is 19.1 Å². The largest absolute Gasteiger partial charge is 0.207 e. The normalized spacial score (nSPS) is 13.4. The monoisotopic (exact) mass is 386 g/mol. The van der Waals surface area contributed by atoms with Crippen LogP contribution in [0.1, 0.15) is 75.0 Å². The van der Waals surface area contributed by atoms with Crippen molar-refractivity contribution >= 4 is 17.2 Å². The molecule has 0 heterocycles. The average Bonchev–Trinajstić information content (AvgIpc) is 2.61. The van der Waals surface area contributed by atoms with Crippen LogP contribution in [0.15, 0.2) is 49.0 Å². The Kier molecular flexibility index (Phi) is 8.57. The van der Waals surface area contributed by atoms with Crippen molar-refractivity contribution in [1.82, 2.24) is 0 Å². The summed E-state index contributed by atoms with van der Waals surface area (Å²) in [6.07, 6.45) is 6.89. The van der Waals surface area contributed by atoms with Crippen LogP contribution in [0, 0.1) is 18.7 Å². The highest BCUT2D eigenvalue weighted by Crippen LogP contribution is 2.30. The van der Waals surface area contributed by atoms with Gasteiger partial charge in [0.25, 0.3) is 0 Å². The number of rotatable bonds is 10. The molecule has 0 N–H and O–H groups in total. The third kappa shape index (κ3) is 7.14. The minimum Gasteiger partial charge on any atom is -0.207 e. The number of hydrogen-bond donors (Lipinski definition) is 0. The second-order valence-corrected chi connectivity index (χ2v) is 8.30. The lowest BCUT2D eigenvalue weighted by molar-refractivity contribution is 0.425. The predicted molar refractivity (Wildman–Crippen MR) is 117 cm³/mol. The summed E-state index contributed by atoms with van der Waals surface area (Å²) in [7, 11) is 0. The van der Waals surface area contributed by atoms with Crippen molar-refractivity contribution in [2.45, 2.75) is 65.2 Å². The molecule has 0 saturated heterocycles. The van der Waals surface area contributed by atoms with Crippen molar-refractivity contribution in [3.8, 4) is 0 Å². The van der Waals surface area contributed by atoms with Gasteiger partial charge in [-0.1, -0.05) is 75.9 Å². The summed E-state index contributed by atoms with van der Waals surface area (Å²) in [5.41, 5.74) is 4.49. The molecule has 0 nitrogen and oxygen atoms in total. The zero-order chi connectivity index (χ0) is 19.8. The summed E-state index contributed by atoms with van der Waals surface area (Å²) in [5.74, 6) is 0.917. The number of hydrogen-bond acceptors (Lipinski definition) is 0. The van der Waals surface area contributed by atoms with Crippen molar-refractivity contribution < 1.29 is 4.39 Å². The average molecular weight is 387 g/mol. The third-order valence-corrected chi connectivity index (χ3v) is 5.62. The van der Waals surface area contributed by atoms with Gasteiger partial charge in [-0.25, -0.2) is 4.39 Å². The van der Waals surface area contributed by atoms with E-state index in [0.29, 0.717) is 11.8 Å². The highest BCUT2D eigenvalue weighted by molar-refractivity contribution is 6.30. The fraction of sp³-hybridized carbons (Fsp3) is 0.440. The van der Waals surface area contributed by atoms with Crippen LogP contribution in [0.25, 0.3) is 5.57 Å². The molecular weight excluding hydrogens is 355 g/mol. The Bertz CT molecular complexity index is 712. The lowest BCUT2D eigenvalue weighted by Gasteiger charge is -2.19. The lowest BCUT2D eigenvalue weighted by atomic mass is 9.86. The maximum atomic E-state index is 13.7. The summed E-state index contributed by atoms with van der Waals surface area (Å²) >= 11 is 5.99. The standard InChI is InChI=1S/C25H32ClF/c1-5-7-21(16-20(4)22-10-12-24(26)13-11-22)9-6-8-19(3)23-14-18(2)15-25(27)17-23/h10-15,17,19,21H,4-9,16H2,1-3H3. The fourth-order valence-corrected chi connectivity index (χ4v) is 3.96. The van der Waals surface area contributed by atoms with Crippen LogP contribution >= 0.6 is 11.6 Å². The first-order valence-corrected chi connectivity index (χ1v) is 10.5. The van der Waals surface area contributed by atoms with Crippen molar-refractivity contribution in [1.29, 1.82) is 0 Å². The summed E-state index contributed by atoms with van der Waals surface area (Å²) in [5, 5.41) is 0.762. The quantitative estimate of drug-likeness (QED) is 0.383. The zero-order valence-corrected chi connectivity index (χ0v) is 17.7. The van der Waals surface area contributed by atoms with Gasteiger partial charge in [-0.2, -0.15) is 0 Å². The second kappa shape index (κ2) is 10.7. The van der Waals surface area contributed by atoms with Gasteiger partial charge in [0.2, 0.25) is 0 Å². The molecule has 2 unspecified atom stereocenters. The minimum atomic E-state index is -0.125. The van der Waals surface area contributed by atoms with Crippen molar-refractivity contribution in [3.05, 3.63) is 76.6 Å². The Morgan fingerprint density at radius 3 is 2.41 bits per heavy atom. The number of halogens is 2. The van der Waals surface area contributed by atoms with E-state index in [0.717, 1.165) is 35.4 Å². The molecule has 2 aromatic carbocycles. The molecule has 0 radical (unpaired) electrons. The molecule has 0 saturated carbocycles. The van der Waals surface area contributed by atoms with Gasteiger partial charge in [0.1, 0.15) is 5.82 Å². The molecule has 0 aliphatic rings. The number of benzene rings is 2. The van der Waals surface area contributed by atoms with Crippen LogP contribution in [0.4, 0.5) is 4.39 Å². The van der Waals surface area contributed by atoms with E-state index in [-0.39, 0.29) is 5.82 Å². The zero-order valence-electron chi connectivity index (χ0n) is 16.9. The molecule has 0 aromatic heterocycles. The highest BCUT2D eigenvalue weighted by Gasteiger charge is 2.13. The van der Waals surface area contributed by atoms with E-state index in [2.05, 4.69) is 38.6 Å². The second-order valence-electron chi connectivity index (χ2n) is 7.86. The van der Waals surface area contributed by atoms with Gasteiger partial charge in [-0.3, -0.25) is 0 Å². The Labute approximate surface area is 169 Å². The smallest absolute Gasteiger partial charge is 0.123 e. The molecule has 0 spiro atoms. The van der Waals surface area contributed by atoms with E-state index in [1.54, 1.807) is 12.1 Å². The molecule has 2 heteroatoms. The van der Waals surface area contributed by atoms with Gasteiger partial charge < -0.3 is 0 Å². The Balaban J connectivity index is 1.88. The molecule has 0 amide bonds. The summed E-state index contributed by atoms with van der Waals surface area (Å²) < 4.78 is 13.7. The lowest BCUT2D eigenvalue weighted by Crippen LogP contribution is -2.03. The molecule has 0 aliphatic heterocycles. The van der Waals surface area contributed by atoms with Gasteiger partial charge in [-0.05, 0) is 78.1 Å². The van der Waals surface area contributed by atoms with E-state index in [1.165, 1.54) is 30.4 Å². The summed E-state index contributed by atoms with van der Waals surface area (Å²) in [4.78, 5) is 0. The van der Waals surface area contributed by atoms with Gasteiger partial charge in [-0.15, -0.1) is 0 Å². The topological polar surface area (TPSA) is 0 Å². The fourth-order valence-electron chi connectivity index (χ4n) is 3.84. The van der Waals surface area contributed by atoms with Crippen LogP contribution in [-0.2, 0) is 0 Å². The number of aryl methyl sites for hydroxylation is 1. The Morgan fingerprint density at radius 2 is 1.78 bits per heavy atom. The molecule has 0 fully saturated rings. The van der Waals surface area contributed by atoms with Gasteiger partial charge in [0.15, 0.2) is 0 Å². The van der Waals surface area contributed by atoms with Crippen molar-refractivity contribution in [2.75, 3.05) is 0 Å². The van der Waals surface area contributed by atoms with Crippen LogP contribution < -0.4 is 0 Å². The third-order valence-electron chi connectivity index (χ3n) is 5.37. The van der Waals surface area contributed by atoms with Gasteiger partial charge in [0, 0.05) is 5.02 Å². The van der Waals surface area contributed by atoms with Crippen molar-refractivity contribution in [3.63, 3.8) is 0 Å². The highest BCUT2D eigenvalue weighted by atomic mass is 35.5. The predicted octanol–water partition coefficient (Wildman–Crippen LogP) is 8.58. The van der Waals surface area contributed by atoms with Crippen LogP contribution in [-0.4, -0.2) is 0 Å². The van der Waals surface area contributed by atoms with Crippen LogP contribution in [0.2, 0.25) is 5.02 Å². The SMILES string of the molecule is C=C(CC(CCC)CCCC(C)c1cc(C)cc(F)c1)c1ccc(Cl)cc1. The maximum absolute atomic E-state index is 13.7. The molecule has 27 heavy (non-hydrogen) atoms. The molecule has 0 bridgehead atoms.